The first-order valence-corrected chi connectivity index (χ1v) is 17.4. The number of sulfonamides is 1. The molecule has 4 rings (SSSR count). The van der Waals surface area contributed by atoms with Crippen molar-refractivity contribution in [2.75, 3.05) is 31.6 Å². The van der Waals surface area contributed by atoms with Gasteiger partial charge in [0.1, 0.15) is 18.2 Å². The van der Waals surface area contributed by atoms with Crippen molar-refractivity contribution in [1.29, 1.82) is 0 Å². The molecule has 3 aromatic rings. The molecule has 2 heterocycles. The van der Waals surface area contributed by atoms with Crippen LogP contribution in [0.1, 0.15) is 68.9 Å². The van der Waals surface area contributed by atoms with Crippen molar-refractivity contribution < 1.29 is 32.0 Å². The highest BCUT2D eigenvalue weighted by molar-refractivity contribution is 7.92. The molecule has 47 heavy (non-hydrogen) atoms. The molecule has 0 saturated heterocycles. The van der Waals surface area contributed by atoms with E-state index in [1.54, 1.807) is 43.0 Å². The number of benzene rings is 2. The number of amidine groups is 1. The molecule has 13 heteroatoms. The first kappa shape index (κ1) is 35.8. The van der Waals surface area contributed by atoms with E-state index in [9.17, 15) is 18.0 Å². The fourth-order valence-electron chi connectivity index (χ4n) is 5.45. The van der Waals surface area contributed by atoms with Crippen LogP contribution in [0.15, 0.2) is 56.9 Å². The van der Waals surface area contributed by atoms with Crippen LogP contribution in [-0.4, -0.2) is 68.5 Å². The summed E-state index contributed by atoms with van der Waals surface area (Å²) in [6.45, 7) is 10.3. The van der Waals surface area contributed by atoms with Gasteiger partial charge in [-0.05, 0) is 56.4 Å². The maximum absolute atomic E-state index is 14.0. The lowest BCUT2D eigenvalue weighted by atomic mass is 9.95. The number of carbonyl (C=O) groups is 2. The highest BCUT2D eigenvalue weighted by Gasteiger charge is 2.46. The summed E-state index contributed by atoms with van der Waals surface area (Å²) in [7, 11) is -2.60. The Bertz CT molecular complexity index is 1720. The minimum absolute atomic E-state index is 0.0810. The number of methoxy groups -OCH3 is 1. The van der Waals surface area contributed by atoms with Crippen LogP contribution >= 0.6 is 0 Å². The maximum atomic E-state index is 14.0. The van der Waals surface area contributed by atoms with Gasteiger partial charge in [-0.2, -0.15) is 0 Å². The second-order valence-electron chi connectivity index (χ2n) is 11.6. The zero-order valence-corrected chi connectivity index (χ0v) is 28.8. The number of aromatic nitrogens is 1. The van der Waals surface area contributed by atoms with Gasteiger partial charge in [0, 0.05) is 31.3 Å². The third-order valence-electron chi connectivity index (χ3n) is 8.32. The Morgan fingerprint density at radius 1 is 1.09 bits per heavy atom. The van der Waals surface area contributed by atoms with Gasteiger partial charge in [-0.3, -0.25) is 24.2 Å². The zero-order valence-electron chi connectivity index (χ0n) is 28.0. The van der Waals surface area contributed by atoms with Gasteiger partial charge in [-0.15, -0.1) is 0 Å². The molecular weight excluding hydrogens is 622 g/mol. The first-order chi connectivity index (χ1) is 22.5. The van der Waals surface area contributed by atoms with Crippen LogP contribution in [-0.2, 0) is 42.2 Å². The molecule has 1 atom stereocenters. The van der Waals surface area contributed by atoms with Gasteiger partial charge < -0.3 is 19.3 Å². The van der Waals surface area contributed by atoms with E-state index in [0.717, 1.165) is 24.0 Å². The molecule has 2 aromatic carbocycles. The average molecular weight is 668 g/mol. The summed E-state index contributed by atoms with van der Waals surface area (Å²) in [6, 6.07) is 12.5. The topological polar surface area (TPSA) is 152 Å². The second-order valence-corrected chi connectivity index (χ2v) is 13.2. The Hall–Kier alpha value is -4.07. The van der Waals surface area contributed by atoms with Crippen LogP contribution in [0.3, 0.4) is 0 Å². The number of carbonyl (C=O) groups excluding carboxylic acids is 2. The van der Waals surface area contributed by atoms with Gasteiger partial charge in [-0.1, -0.05) is 61.8 Å². The van der Waals surface area contributed by atoms with Gasteiger partial charge in [0.2, 0.25) is 5.91 Å². The number of nitrogens with zero attached hydrogens (tertiary/aromatic N) is 3. The molecule has 2 N–H and O–H groups in total. The van der Waals surface area contributed by atoms with Crippen molar-refractivity contribution in [2.24, 2.45) is 4.99 Å². The minimum Gasteiger partial charge on any atom is -0.377 e. The van der Waals surface area contributed by atoms with Gasteiger partial charge in [0.25, 0.3) is 15.9 Å². The maximum Gasteiger partial charge on any atom is 0.263 e. The largest absolute Gasteiger partial charge is 0.377 e. The number of unbranched alkanes of at least 4 members (excludes halogenated alkanes) is 1. The molecule has 12 nitrogen and oxygen atoms in total. The summed E-state index contributed by atoms with van der Waals surface area (Å²) in [5.74, 6) is 0.879. The number of anilines is 1. The molecule has 1 aliphatic rings. The highest BCUT2D eigenvalue weighted by atomic mass is 32.2. The minimum atomic E-state index is -4.04. The molecule has 0 radical (unpaired) electrons. The van der Waals surface area contributed by atoms with Crippen molar-refractivity contribution in [3.05, 3.63) is 64.9 Å². The van der Waals surface area contributed by atoms with Crippen molar-refractivity contribution >= 4 is 33.5 Å². The second kappa shape index (κ2) is 15.7. The van der Waals surface area contributed by atoms with E-state index in [1.165, 1.54) is 7.11 Å². The number of aliphatic imine (C=N–C) groups is 1. The summed E-state index contributed by atoms with van der Waals surface area (Å²) in [5.41, 5.74) is 2.30. The van der Waals surface area contributed by atoms with Crippen LogP contribution < -0.4 is 10.0 Å². The summed E-state index contributed by atoms with van der Waals surface area (Å²) in [5, 5.41) is 6.67. The lowest BCUT2D eigenvalue weighted by Gasteiger charge is -2.26. The summed E-state index contributed by atoms with van der Waals surface area (Å²) >= 11 is 0. The standard InChI is InChI=1S/C34H45N5O7S/c1-7-10-15-30-36-34(8-2,22-35-31(40)21-44-6)33(41)39(30)19-25-16-17-27(26(18-25)20-45-9-3)28-13-11-12-14-29(28)47(42,43)38-32-23(4)24(5)46-37-32/h11-14,16-18H,7-10,15,19-22H2,1-6H3,(H,35,40)(H,37,38)/t34-/m1/s1. The fraction of sp³-hybridized carbons (Fsp3) is 0.471. The SMILES string of the molecule is CCCCC1=N[C@](CC)(CNC(=O)COC)C(=O)N1Cc1ccc(-c2ccccc2S(=O)(=O)Nc2noc(C)c2C)c(COCC)c1. The van der Waals surface area contributed by atoms with Crippen LogP contribution in [0.2, 0.25) is 0 Å². The predicted molar refractivity (Wildman–Crippen MR) is 179 cm³/mol. The van der Waals surface area contributed by atoms with Crippen molar-refractivity contribution in [2.45, 2.75) is 83.9 Å². The number of rotatable bonds is 17. The van der Waals surface area contributed by atoms with E-state index in [0.29, 0.717) is 47.7 Å². The molecule has 0 spiro atoms. The molecule has 0 saturated carbocycles. The van der Waals surface area contributed by atoms with E-state index < -0.39 is 15.6 Å². The lowest BCUT2D eigenvalue weighted by Crippen LogP contribution is -2.49. The van der Waals surface area contributed by atoms with Crippen molar-refractivity contribution in [1.82, 2.24) is 15.4 Å². The van der Waals surface area contributed by atoms with Gasteiger partial charge in [-0.25, -0.2) is 8.42 Å². The van der Waals surface area contributed by atoms with Crippen LogP contribution in [0.4, 0.5) is 5.82 Å². The van der Waals surface area contributed by atoms with E-state index in [4.69, 9.17) is 19.0 Å². The van der Waals surface area contributed by atoms with E-state index in [1.807, 2.05) is 32.0 Å². The number of amides is 2. The Labute approximate surface area is 277 Å². The first-order valence-electron chi connectivity index (χ1n) is 15.9. The fourth-order valence-corrected chi connectivity index (χ4v) is 6.73. The van der Waals surface area contributed by atoms with Gasteiger partial charge in [0.15, 0.2) is 11.4 Å². The Morgan fingerprint density at radius 2 is 1.85 bits per heavy atom. The number of hydrogen-bond acceptors (Lipinski definition) is 9. The van der Waals surface area contributed by atoms with Crippen LogP contribution in [0.25, 0.3) is 11.1 Å². The van der Waals surface area contributed by atoms with Crippen molar-refractivity contribution in [3.8, 4) is 11.1 Å². The third kappa shape index (κ3) is 8.09. The summed E-state index contributed by atoms with van der Waals surface area (Å²) in [6.07, 6.45) is 2.85. The number of nitrogens with one attached hydrogen (secondary N) is 2. The molecule has 0 bridgehead atoms. The average Bonchev–Trinajstić information content (AvgIpc) is 3.51. The van der Waals surface area contributed by atoms with E-state index in [2.05, 4.69) is 22.1 Å². The van der Waals surface area contributed by atoms with E-state index in [-0.39, 0.29) is 48.8 Å². The smallest absolute Gasteiger partial charge is 0.263 e. The van der Waals surface area contributed by atoms with Crippen LogP contribution in [0, 0.1) is 13.8 Å². The summed E-state index contributed by atoms with van der Waals surface area (Å²) < 4.78 is 45.8. The van der Waals surface area contributed by atoms with Gasteiger partial charge in [0.05, 0.1) is 24.6 Å². The normalized spacial score (nSPS) is 16.4. The highest BCUT2D eigenvalue weighted by Crippen LogP contribution is 2.34. The Kier molecular flexibility index (Phi) is 11.9. The molecule has 0 fully saturated rings. The number of ether oxygens (including phenoxy) is 2. The number of hydrogen-bond donors (Lipinski definition) is 2. The van der Waals surface area contributed by atoms with Gasteiger partial charge >= 0.3 is 0 Å². The summed E-state index contributed by atoms with van der Waals surface area (Å²) in [4.78, 5) is 32.9. The molecule has 254 valence electrons. The predicted octanol–water partition coefficient (Wildman–Crippen LogP) is 5.14. The number of aryl methyl sites for hydroxylation is 1. The molecule has 2 amide bonds. The quantitative estimate of drug-likeness (QED) is 0.201. The van der Waals surface area contributed by atoms with E-state index >= 15 is 0 Å². The third-order valence-corrected chi connectivity index (χ3v) is 9.71. The molecule has 0 unspecified atom stereocenters. The Morgan fingerprint density at radius 3 is 2.51 bits per heavy atom. The molecule has 0 aliphatic carbocycles. The lowest BCUT2D eigenvalue weighted by molar-refractivity contribution is -0.132. The zero-order chi connectivity index (χ0) is 34.2. The Balaban J connectivity index is 1.69. The van der Waals surface area contributed by atoms with Crippen molar-refractivity contribution in [3.63, 3.8) is 0 Å². The monoisotopic (exact) mass is 667 g/mol. The molecular formula is C34H45N5O7S. The molecule has 1 aromatic heterocycles. The van der Waals surface area contributed by atoms with Crippen LogP contribution in [0.5, 0.6) is 0 Å². The molecule has 1 aliphatic heterocycles.